The molecule has 0 N–H and O–H groups in total. The molecule has 8 nitrogen and oxygen atoms in total. The number of rotatable bonds is 20. The lowest BCUT2D eigenvalue weighted by Gasteiger charge is -2.40. The Balaban J connectivity index is 0.961. The van der Waals surface area contributed by atoms with Gasteiger partial charge in [-0.3, -0.25) is 0 Å². The van der Waals surface area contributed by atoms with Gasteiger partial charge in [-0.05, 0) is 72.0 Å². The summed E-state index contributed by atoms with van der Waals surface area (Å²) in [6.07, 6.45) is 6.99. The van der Waals surface area contributed by atoms with Gasteiger partial charge >= 0.3 is 5.97 Å². The van der Waals surface area contributed by atoms with E-state index in [1.54, 1.807) is 30.3 Å². The molecule has 0 aliphatic carbocycles. The van der Waals surface area contributed by atoms with Crippen LogP contribution in [0.15, 0.2) is 78.9 Å². The Labute approximate surface area is 278 Å². The lowest BCUT2D eigenvalue weighted by Crippen LogP contribution is -2.45. The molecule has 5 rings (SSSR count). The molecule has 0 amide bonds. The van der Waals surface area contributed by atoms with Crippen LogP contribution in [-0.4, -0.2) is 72.0 Å². The summed E-state index contributed by atoms with van der Waals surface area (Å²) in [5, 5.41) is 0. The van der Waals surface area contributed by atoms with Gasteiger partial charge in [0.05, 0.1) is 52.9 Å². The molecule has 0 radical (unpaired) electrons. The second-order valence-electron chi connectivity index (χ2n) is 12.6. The molecule has 0 unspecified atom stereocenters. The van der Waals surface area contributed by atoms with E-state index < -0.39 is 5.97 Å². The van der Waals surface area contributed by atoms with Crippen molar-refractivity contribution in [2.75, 3.05) is 66.1 Å². The number of carbonyl (C=O) groups is 1. The molecule has 2 saturated heterocycles. The van der Waals surface area contributed by atoms with Gasteiger partial charge in [-0.15, -0.1) is 0 Å². The number of hydrogen-bond acceptors (Lipinski definition) is 8. The quantitative estimate of drug-likeness (QED) is 0.0545. The zero-order chi connectivity index (χ0) is 32.8. The van der Waals surface area contributed by atoms with Gasteiger partial charge in [0.25, 0.3) is 0 Å². The predicted octanol–water partition coefficient (Wildman–Crippen LogP) is 7.40. The Morgan fingerprint density at radius 1 is 0.638 bits per heavy atom. The molecule has 0 bridgehead atoms. The number of benzene rings is 3. The van der Waals surface area contributed by atoms with E-state index in [2.05, 4.69) is 26.0 Å². The Kier molecular flexibility index (Phi) is 12.9. The number of hydrogen-bond donors (Lipinski definition) is 0. The van der Waals surface area contributed by atoms with Gasteiger partial charge in [0, 0.05) is 43.0 Å². The molecular formula is C39H48O8. The third-order valence-corrected chi connectivity index (χ3v) is 8.91. The molecule has 0 saturated carbocycles. The van der Waals surface area contributed by atoms with Crippen LogP contribution in [0, 0.1) is 10.8 Å². The average molecular weight is 645 g/mol. The second-order valence-corrected chi connectivity index (χ2v) is 12.6. The topological polar surface area (TPSA) is 81.7 Å². The number of carbonyl (C=O) groups excluding carboxylic acids is 1. The molecule has 2 heterocycles. The molecule has 3 aromatic rings. The van der Waals surface area contributed by atoms with Crippen molar-refractivity contribution < 1.29 is 38.0 Å². The maximum atomic E-state index is 12.4. The normalized spacial score (nSPS) is 16.3. The fraction of sp³-hybridized carbons (Fsp3) is 0.462. The van der Waals surface area contributed by atoms with Crippen LogP contribution in [0.3, 0.4) is 0 Å². The molecule has 252 valence electrons. The van der Waals surface area contributed by atoms with Crippen LogP contribution in [0.4, 0.5) is 0 Å². The first-order valence-electron chi connectivity index (χ1n) is 16.8. The van der Waals surface area contributed by atoms with Crippen LogP contribution in [0.2, 0.25) is 0 Å². The monoisotopic (exact) mass is 644 g/mol. The summed E-state index contributed by atoms with van der Waals surface area (Å²) in [7, 11) is 0. The van der Waals surface area contributed by atoms with Crippen LogP contribution >= 0.6 is 0 Å². The third-order valence-electron chi connectivity index (χ3n) is 8.91. The fourth-order valence-corrected chi connectivity index (χ4v) is 5.29. The highest BCUT2D eigenvalue weighted by molar-refractivity contribution is 5.88. The molecule has 47 heavy (non-hydrogen) atoms. The lowest BCUT2D eigenvalue weighted by atomic mass is 9.84. The minimum atomic E-state index is -0.443. The molecule has 2 aliphatic rings. The first kappa shape index (κ1) is 34.6. The Morgan fingerprint density at radius 2 is 1.09 bits per heavy atom. The van der Waals surface area contributed by atoms with E-state index >= 15 is 0 Å². The van der Waals surface area contributed by atoms with Gasteiger partial charge < -0.3 is 33.2 Å². The first-order valence-corrected chi connectivity index (χ1v) is 16.8. The maximum Gasteiger partial charge on any atom is 0.336 e. The SMILES string of the molecule is CCC1(COCCCOc2ccc(OC(=O)C=Cc3ccc(-c4ccc(OCCCOCC5(CC)COC5)cc4)cc3)cc2)COC1. The summed E-state index contributed by atoms with van der Waals surface area (Å²) in [6, 6.07) is 23.1. The summed E-state index contributed by atoms with van der Waals surface area (Å²) >= 11 is 0. The number of ether oxygens (including phenoxy) is 7. The van der Waals surface area contributed by atoms with E-state index in [1.807, 2.05) is 36.4 Å². The van der Waals surface area contributed by atoms with Crippen molar-refractivity contribution in [3.05, 3.63) is 84.4 Å². The fourth-order valence-electron chi connectivity index (χ4n) is 5.29. The van der Waals surface area contributed by atoms with E-state index in [9.17, 15) is 4.79 Å². The molecule has 3 aromatic carbocycles. The van der Waals surface area contributed by atoms with Gasteiger partial charge in [-0.2, -0.15) is 0 Å². The molecule has 2 aliphatic heterocycles. The van der Waals surface area contributed by atoms with E-state index in [4.69, 9.17) is 33.2 Å². The summed E-state index contributed by atoms with van der Waals surface area (Å²) in [5.74, 6) is 1.58. The van der Waals surface area contributed by atoms with Gasteiger partial charge in [-0.1, -0.05) is 50.2 Å². The van der Waals surface area contributed by atoms with Gasteiger partial charge in [0.2, 0.25) is 0 Å². The van der Waals surface area contributed by atoms with E-state index in [0.717, 1.165) is 93.5 Å². The van der Waals surface area contributed by atoms with Crippen molar-refractivity contribution in [3.63, 3.8) is 0 Å². The second kappa shape index (κ2) is 17.5. The molecule has 0 spiro atoms. The van der Waals surface area contributed by atoms with Crippen molar-refractivity contribution >= 4 is 12.0 Å². The Bertz CT molecular complexity index is 1380. The minimum Gasteiger partial charge on any atom is -0.494 e. The molecule has 8 heteroatoms. The average Bonchev–Trinajstić information content (AvgIpc) is 3.06. The highest BCUT2D eigenvalue weighted by atomic mass is 16.5. The van der Waals surface area contributed by atoms with E-state index in [0.29, 0.717) is 32.2 Å². The summed E-state index contributed by atoms with van der Waals surface area (Å²) in [4.78, 5) is 12.4. The lowest BCUT2D eigenvalue weighted by molar-refractivity contribution is -0.150. The minimum absolute atomic E-state index is 0.207. The molecular weight excluding hydrogens is 596 g/mol. The van der Waals surface area contributed by atoms with Gasteiger partial charge in [-0.25, -0.2) is 4.79 Å². The van der Waals surface area contributed by atoms with Gasteiger partial charge in [0.1, 0.15) is 17.2 Å². The van der Waals surface area contributed by atoms with Crippen LogP contribution < -0.4 is 14.2 Å². The molecule has 2 fully saturated rings. The van der Waals surface area contributed by atoms with Crippen LogP contribution in [0.1, 0.15) is 45.1 Å². The van der Waals surface area contributed by atoms with Crippen molar-refractivity contribution in [1.82, 2.24) is 0 Å². The van der Waals surface area contributed by atoms with Crippen molar-refractivity contribution in [3.8, 4) is 28.4 Å². The summed E-state index contributed by atoms with van der Waals surface area (Å²) in [5.41, 5.74) is 3.51. The maximum absolute atomic E-state index is 12.4. The third kappa shape index (κ3) is 10.4. The zero-order valence-electron chi connectivity index (χ0n) is 27.7. The van der Waals surface area contributed by atoms with E-state index in [1.165, 1.54) is 6.08 Å². The highest BCUT2D eigenvalue weighted by Gasteiger charge is 2.37. The van der Waals surface area contributed by atoms with Crippen LogP contribution in [0.25, 0.3) is 17.2 Å². The molecule has 0 aromatic heterocycles. The zero-order valence-corrected chi connectivity index (χ0v) is 27.7. The number of esters is 1. The van der Waals surface area contributed by atoms with Crippen LogP contribution in [-0.2, 0) is 23.7 Å². The van der Waals surface area contributed by atoms with Crippen molar-refractivity contribution in [1.29, 1.82) is 0 Å². The Morgan fingerprint density at radius 3 is 1.53 bits per heavy atom. The predicted molar refractivity (Wildman–Crippen MR) is 182 cm³/mol. The summed E-state index contributed by atoms with van der Waals surface area (Å²) in [6.45, 7) is 11.6. The van der Waals surface area contributed by atoms with Crippen molar-refractivity contribution in [2.45, 2.75) is 39.5 Å². The highest BCUT2D eigenvalue weighted by Crippen LogP contribution is 2.32. The largest absolute Gasteiger partial charge is 0.494 e. The summed E-state index contributed by atoms with van der Waals surface area (Å²) < 4.78 is 39.5. The van der Waals surface area contributed by atoms with E-state index in [-0.39, 0.29) is 10.8 Å². The Hall–Kier alpha value is -3.69. The smallest absolute Gasteiger partial charge is 0.336 e. The standard InChI is InChI=1S/C39H48O8/c1-3-38(27-43-28-38)25-41-21-5-23-45-34-14-12-33(13-15-34)32-10-7-31(8-11-32)9-20-37(40)47-36-18-16-35(17-19-36)46-24-6-22-42-26-39(4-2)29-44-30-39/h7-20H,3-6,21-30H2,1-2H3. The first-order chi connectivity index (χ1) is 23.0. The van der Waals surface area contributed by atoms with Crippen LogP contribution in [0.5, 0.6) is 17.2 Å². The molecule has 0 atom stereocenters. The van der Waals surface area contributed by atoms with Gasteiger partial charge in [0.15, 0.2) is 0 Å². The van der Waals surface area contributed by atoms with Crippen molar-refractivity contribution in [2.24, 2.45) is 10.8 Å².